The summed E-state index contributed by atoms with van der Waals surface area (Å²) in [4.78, 5) is 17.2. The Morgan fingerprint density at radius 1 is 1.35 bits per heavy atom. The van der Waals surface area contributed by atoms with Crippen LogP contribution in [0.3, 0.4) is 0 Å². The molecular formula is C21H25F3N2O4S. The predicted molar refractivity (Wildman–Crippen MR) is 109 cm³/mol. The second-order valence-electron chi connectivity index (χ2n) is 7.66. The average molecular weight is 459 g/mol. The van der Waals surface area contributed by atoms with Crippen LogP contribution in [-0.2, 0) is 16.1 Å². The van der Waals surface area contributed by atoms with E-state index in [1.807, 2.05) is 29.5 Å². The second kappa shape index (κ2) is 10.4. The number of likely N-dealkylation sites (tertiary alicyclic amines) is 1. The maximum Gasteiger partial charge on any atom is 0.490 e. The number of halogens is 3. The minimum atomic E-state index is -5.08. The number of hydrogen-bond donors (Lipinski definition) is 1. The van der Waals surface area contributed by atoms with E-state index < -0.39 is 12.1 Å². The molecule has 4 rings (SSSR count). The Morgan fingerprint density at radius 3 is 2.81 bits per heavy atom. The normalized spacial score (nSPS) is 23.9. The molecule has 6 nitrogen and oxygen atoms in total. The first-order valence-electron chi connectivity index (χ1n) is 9.99. The molecule has 1 N–H and O–H groups in total. The van der Waals surface area contributed by atoms with Crippen molar-refractivity contribution in [1.29, 1.82) is 0 Å². The Morgan fingerprint density at radius 2 is 2.16 bits per heavy atom. The van der Waals surface area contributed by atoms with Gasteiger partial charge in [-0.05, 0) is 36.8 Å². The van der Waals surface area contributed by atoms with Gasteiger partial charge in [-0.15, -0.1) is 11.3 Å². The van der Waals surface area contributed by atoms with Crippen LogP contribution in [0.25, 0.3) is 0 Å². The monoisotopic (exact) mass is 458 g/mol. The topological polar surface area (TPSA) is 71.9 Å². The number of carboxylic acid groups (broad SMARTS) is 1. The molecule has 2 aliphatic heterocycles. The van der Waals surface area contributed by atoms with Crippen LogP contribution in [0.15, 0.2) is 41.9 Å². The van der Waals surface area contributed by atoms with Gasteiger partial charge >= 0.3 is 12.1 Å². The number of piperidine rings is 1. The largest absolute Gasteiger partial charge is 0.490 e. The summed E-state index contributed by atoms with van der Waals surface area (Å²) >= 11 is 1.84. The standard InChI is InChI=1S/C19H24N2O2S.C2HF3O2/c1-2-9-20-18(6-1)23-15-19-8-4-11-22-17(19)7-10-21(14-19)13-16-5-3-12-24-16;3-2(4,5)1(6)7/h1-3,5-6,9,12,17H,4,7-8,10-11,13-15H2;(H,6,7). The number of hydrogen-bond acceptors (Lipinski definition) is 6. The number of aliphatic carboxylic acids is 1. The van der Waals surface area contributed by atoms with Crippen molar-refractivity contribution in [1.82, 2.24) is 9.88 Å². The number of nitrogens with zero attached hydrogens (tertiary/aromatic N) is 2. The van der Waals surface area contributed by atoms with Crippen LogP contribution < -0.4 is 4.74 Å². The summed E-state index contributed by atoms with van der Waals surface area (Å²) in [6.45, 7) is 4.77. The smallest absolute Gasteiger partial charge is 0.477 e. The Labute approximate surface area is 182 Å². The highest BCUT2D eigenvalue weighted by Crippen LogP contribution is 2.41. The van der Waals surface area contributed by atoms with E-state index in [0.29, 0.717) is 18.6 Å². The molecular weight excluding hydrogens is 433 g/mol. The van der Waals surface area contributed by atoms with Crippen LogP contribution in [0.1, 0.15) is 24.1 Å². The van der Waals surface area contributed by atoms with Gasteiger partial charge in [-0.1, -0.05) is 12.1 Å². The van der Waals surface area contributed by atoms with Gasteiger partial charge in [-0.2, -0.15) is 13.2 Å². The van der Waals surface area contributed by atoms with E-state index in [4.69, 9.17) is 19.4 Å². The van der Waals surface area contributed by atoms with Crippen molar-refractivity contribution < 1.29 is 32.5 Å². The molecule has 2 aromatic rings. The third-order valence-corrected chi connectivity index (χ3v) is 6.28. The van der Waals surface area contributed by atoms with E-state index in [1.165, 1.54) is 11.3 Å². The molecule has 0 aromatic carbocycles. The number of carbonyl (C=O) groups is 1. The Hall–Kier alpha value is -2.17. The summed E-state index contributed by atoms with van der Waals surface area (Å²) in [5, 5.41) is 9.28. The number of pyridine rings is 1. The van der Waals surface area contributed by atoms with E-state index in [2.05, 4.69) is 27.4 Å². The van der Waals surface area contributed by atoms with Gasteiger partial charge in [-0.25, -0.2) is 9.78 Å². The minimum absolute atomic E-state index is 0.0886. The molecule has 0 bridgehead atoms. The maximum absolute atomic E-state index is 10.6. The third-order valence-electron chi connectivity index (χ3n) is 5.41. The second-order valence-corrected chi connectivity index (χ2v) is 8.70. The van der Waals surface area contributed by atoms with E-state index in [9.17, 15) is 13.2 Å². The molecule has 2 atom stereocenters. The predicted octanol–water partition coefficient (Wildman–Crippen LogP) is 4.23. The molecule has 0 spiro atoms. The molecule has 0 aliphatic carbocycles. The van der Waals surface area contributed by atoms with Gasteiger partial charge in [0.25, 0.3) is 0 Å². The lowest BCUT2D eigenvalue weighted by molar-refractivity contribution is -0.192. The lowest BCUT2D eigenvalue weighted by Gasteiger charge is -2.50. The summed E-state index contributed by atoms with van der Waals surface area (Å²) in [7, 11) is 0. The van der Waals surface area contributed by atoms with Crippen molar-refractivity contribution in [2.24, 2.45) is 5.41 Å². The van der Waals surface area contributed by atoms with Gasteiger partial charge in [0.1, 0.15) is 0 Å². The van der Waals surface area contributed by atoms with Gasteiger partial charge in [-0.3, -0.25) is 4.90 Å². The highest BCUT2D eigenvalue weighted by atomic mass is 32.1. The maximum atomic E-state index is 10.6. The van der Waals surface area contributed by atoms with Crippen LogP contribution in [0.4, 0.5) is 13.2 Å². The first kappa shape index (κ1) is 23.5. The third kappa shape index (κ3) is 6.65. The van der Waals surface area contributed by atoms with Crippen molar-refractivity contribution in [2.45, 2.75) is 38.1 Å². The highest BCUT2D eigenvalue weighted by Gasteiger charge is 2.46. The fourth-order valence-electron chi connectivity index (χ4n) is 4.00. The Balaban J connectivity index is 0.000000339. The lowest BCUT2D eigenvalue weighted by Crippen LogP contribution is -2.57. The quantitative estimate of drug-likeness (QED) is 0.723. The van der Waals surface area contributed by atoms with Gasteiger partial charge in [0.2, 0.25) is 5.88 Å². The van der Waals surface area contributed by atoms with E-state index >= 15 is 0 Å². The molecule has 2 aliphatic rings. The summed E-state index contributed by atoms with van der Waals surface area (Å²) in [6.07, 6.45) is 0.401. The molecule has 0 radical (unpaired) electrons. The molecule has 2 saturated heterocycles. The van der Waals surface area contributed by atoms with Crippen LogP contribution in [0.5, 0.6) is 5.88 Å². The number of rotatable bonds is 5. The number of aromatic nitrogens is 1. The van der Waals surface area contributed by atoms with Crippen LogP contribution in [0.2, 0.25) is 0 Å². The van der Waals surface area contributed by atoms with E-state index in [-0.39, 0.29) is 5.41 Å². The van der Waals surface area contributed by atoms with Gasteiger partial charge in [0.05, 0.1) is 12.7 Å². The fraction of sp³-hybridized carbons (Fsp3) is 0.524. The molecule has 4 heterocycles. The number of carboxylic acids is 1. The molecule has 170 valence electrons. The highest BCUT2D eigenvalue weighted by molar-refractivity contribution is 7.09. The zero-order chi connectivity index (χ0) is 22.3. The SMILES string of the molecule is O=C(O)C(F)(F)F.c1ccc(OCC23CCCOC2CCN(Cc2cccs2)C3)nc1. The molecule has 0 saturated carbocycles. The molecule has 2 unspecified atom stereocenters. The summed E-state index contributed by atoms with van der Waals surface area (Å²) in [5.74, 6) is -2.04. The van der Waals surface area contributed by atoms with Crippen LogP contribution in [-0.4, -0.2) is 59.5 Å². The Kier molecular flexibility index (Phi) is 7.90. The van der Waals surface area contributed by atoms with Gasteiger partial charge in [0.15, 0.2) is 0 Å². The molecule has 2 fully saturated rings. The minimum Gasteiger partial charge on any atom is -0.477 e. The summed E-state index contributed by atoms with van der Waals surface area (Å²) < 4.78 is 43.9. The lowest BCUT2D eigenvalue weighted by atomic mass is 9.73. The fourth-order valence-corrected chi connectivity index (χ4v) is 4.75. The number of thiophene rings is 1. The first-order valence-corrected chi connectivity index (χ1v) is 10.9. The van der Waals surface area contributed by atoms with E-state index in [0.717, 1.165) is 39.1 Å². The van der Waals surface area contributed by atoms with Crippen molar-refractivity contribution in [3.63, 3.8) is 0 Å². The van der Waals surface area contributed by atoms with Crippen LogP contribution in [0, 0.1) is 5.41 Å². The van der Waals surface area contributed by atoms with Crippen LogP contribution >= 0.6 is 11.3 Å². The van der Waals surface area contributed by atoms with Gasteiger partial charge in [0, 0.05) is 48.8 Å². The van der Waals surface area contributed by atoms with E-state index in [1.54, 1.807) is 6.20 Å². The Bertz CT molecular complexity index is 820. The van der Waals surface area contributed by atoms with Crippen molar-refractivity contribution in [2.75, 3.05) is 26.3 Å². The molecule has 0 amide bonds. The first-order chi connectivity index (χ1) is 14.8. The van der Waals surface area contributed by atoms with Gasteiger partial charge < -0.3 is 14.6 Å². The van der Waals surface area contributed by atoms with Crippen molar-refractivity contribution in [3.8, 4) is 5.88 Å². The zero-order valence-electron chi connectivity index (χ0n) is 16.9. The molecule has 10 heteroatoms. The zero-order valence-corrected chi connectivity index (χ0v) is 17.7. The average Bonchev–Trinajstić information content (AvgIpc) is 3.26. The number of ether oxygens (including phenoxy) is 2. The summed E-state index contributed by atoms with van der Waals surface area (Å²) in [6, 6.07) is 10.2. The van der Waals surface area contributed by atoms with Crippen molar-refractivity contribution >= 4 is 17.3 Å². The number of alkyl halides is 3. The summed E-state index contributed by atoms with van der Waals surface area (Å²) in [5.41, 5.74) is 0.0886. The molecule has 2 aromatic heterocycles. The van der Waals surface area contributed by atoms with Crippen molar-refractivity contribution in [3.05, 3.63) is 46.8 Å². The molecule has 31 heavy (non-hydrogen) atoms. The number of fused-ring (bicyclic) bond motifs is 1.